The van der Waals surface area contributed by atoms with E-state index in [0.29, 0.717) is 49.3 Å². The van der Waals surface area contributed by atoms with E-state index < -0.39 is 0 Å². The summed E-state index contributed by atoms with van der Waals surface area (Å²) < 4.78 is 5.45. The van der Waals surface area contributed by atoms with Crippen LogP contribution in [-0.2, 0) is 9.53 Å². The number of piperazine rings is 1. The molecule has 1 atom stereocenters. The van der Waals surface area contributed by atoms with Crippen molar-refractivity contribution in [2.24, 2.45) is 21.6 Å². The van der Waals surface area contributed by atoms with Crippen molar-refractivity contribution in [3.05, 3.63) is 47.1 Å². The van der Waals surface area contributed by atoms with Crippen LogP contribution in [0.5, 0.6) is 0 Å². The Morgan fingerprint density at radius 3 is 2.46 bits per heavy atom. The molecule has 10 heteroatoms. The summed E-state index contributed by atoms with van der Waals surface area (Å²) in [5.41, 5.74) is 9.35. The molecule has 1 unspecified atom stereocenters. The Labute approximate surface area is 235 Å². The average Bonchev–Trinajstić information content (AvgIpc) is 3.45. The number of likely N-dealkylation sites (N-methyl/N-ethyl adjacent to an activating group) is 1. The Balaban J connectivity index is 2.41. The molecule has 2 aliphatic rings. The molecule has 0 saturated carbocycles. The summed E-state index contributed by atoms with van der Waals surface area (Å²) in [6, 6.07) is 0. The van der Waals surface area contributed by atoms with Gasteiger partial charge in [-0.25, -0.2) is 9.98 Å². The highest BCUT2D eigenvalue weighted by molar-refractivity contribution is 5.96. The number of hydrogen-bond acceptors (Lipinski definition) is 6. The van der Waals surface area contributed by atoms with Crippen LogP contribution in [0.25, 0.3) is 0 Å². The Bertz CT molecular complexity index is 966. The fraction of sp³-hybridized carbons (Fsp3) is 0.621. The molecule has 2 heterocycles. The van der Waals surface area contributed by atoms with Gasteiger partial charge in [0.1, 0.15) is 0 Å². The van der Waals surface area contributed by atoms with Gasteiger partial charge in [-0.3, -0.25) is 4.79 Å². The molecule has 0 aromatic heterocycles. The average molecular weight is 543 g/mol. The van der Waals surface area contributed by atoms with E-state index in [0.717, 1.165) is 62.6 Å². The number of carbonyl (C=O) groups excluding carboxylic acids is 1. The first-order valence-electron chi connectivity index (χ1n) is 14.1. The summed E-state index contributed by atoms with van der Waals surface area (Å²) in [5, 5.41) is 6.53. The van der Waals surface area contributed by atoms with E-state index in [-0.39, 0.29) is 5.91 Å². The van der Waals surface area contributed by atoms with E-state index in [1.165, 1.54) is 0 Å². The molecule has 2 fully saturated rings. The van der Waals surface area contributed by atoms with Crippen LogP contribution in [0.2, 0.25) is 0 Å². The molecule has 10 nitrogen and oxygen atoms in total. The minimum atomic E-state index is -0.109. The van der Waals surface area contributed by atoms with Crippen molar-refractivity contribution in [3.8, 4) is 0 Å². The second-order valence-electron chi connectivity index (χ2n) is 10.3. The maximum Gasteiger partial charge on any atom is 0.251 e. The van der Waals surface area contributed by atoms with E-state index in [4.69, 9.17) is 20.5 Å². The lowest BCUT2D eigenvalue weighted by Crippen LogP contribution is -2.49. The predicted octanol–water partition coefficient (Wildman–Crippen LogP) is 2.65. The fourth-order valence-electron chi connectivity index (χ4n) is 4.12. The van der Waals surface area contributed by atoms with Gasteiger partial charge in [0.25, 0.3) is 5.91 Å². The third-order valence-corrected chi connectivity index (χ3v) is 6.72. The normalized spacial score (nSPS) is 20.3. The highest BCUT2D eigenvalue weighted by atomic mass is 16.5. The first-order chi connectivity index (χ1) is 18.7. The maximum atomic E-state index is 13.2. The molecule has 0 aromatic carbocycles. The summed E-state index contributed by atoms with van der Waals surface area (Å²) in [6.45, 7) is 16.0. The van der Waals surface area contributed by atoms with Crippen LogP contribution in [0, 0.1) is 5.92 Å². The summed E-state index contributed by atoms with van der Waals surface area (Å²) in [4.78, 5) is 28.9. The largest absolute Gasteiger partial charge is 0.381 e. The number of ether oxygens (including phenoxy) is 1. The Morgan fingerprint density at radius 2 is 1.90 bits per heavy atom. The quantitative estimate of drug-likeness (QED) is 0.142. The number of amides is 1. The molecule has 0 aliphatic carbocycles. The van der Waals surface area contributed by atoms with Gasteiger partial charge >= 0.3 is 0 Å². The monoisotopic (exact) mass is 542 g/mol. The molecule has 2 rings (SSSR count). The lowest BCUT2D eigenvalue weighted by Gasteiger charge is -2.33. The second-order valence-corrected chi connectivity index (χ2v) is 10.3. The van der Waals surface area contributed by atoms with Crippen LogP contribution in [0.1, 0.15) is 46.5 Å². The minimum absolute atomic E-state index is 0.109. The highest BCUT2D eigenvalue weighted by Crippen LogP contribution is 2.19. The predicted molar refractivity (Wildman–Crippen MR) is 161 cm³/mol. The fourth-order valence-corrected chi connectivity index (χ4v) is 4.12. The molecule has 2 aliphatic heterocycles. The zero-order valence-corrected chi connectivity index (χ0v) is 24.9. The summed E-state index contributed by atoms with van der Waals surface area (Å²) in [5.74, 6) is 1.31. The highest BCUT2D eigenvalue weighted by Gasteiger charge is 2.19. The van der Waals surface area contributed by atoms with E-state index in [1.807, 2.05) is 51.9 Å². The topological polar surface area (TPSA) is 111 Å². The van der Waals surface area contributed by atoms with Crippen molar-refractivity contribution in [1.29, 1.82) is 0 Å². The number of rotatable bonds is 13. The molecule has 0 radical (unpaired) electrons. The number of guanidine groups is 1. The maximum absolute atomic E-state index is 13.2. The van der Waals surface area contributed by atoms with E-state index >= 15 is 0 Å². The molecule has 218 valence electrons. The Kier molecular flexibility index (Phi) is 13.8. The van der Waals surface area contributed by atoms with Gasteiger partial charge in [-0.15, -0.1) is 0 Å². The van der Waals surface area contributed by atoms with E-state index in [2.05, 4.69) is 34.1 Å². The van der Waals surface area contributed by atoms with Crippen LogP contribution >= 0.6 is 0 Å². The van der Waals surface area contributed by atoms with Crippen LogP contribution in [0.15, 0.2) is 57.1 Å². The number of hydrogen-bond donors (Lipinski definition) is 3. The molecule has 1 amide bonds. The third-order valence-electron chi connectivity index (χ3n) is 6.72. The van der Waals surface area contributed by atoms with Gasteiger partial charge in [0.15, 0.2) is 11.8 Å². The van der Waals surface area contributed by atoms with Gasteiger partial charge < -0.3 is 35.8 Å². The van der Waals surface area contributed by atoms with Crippen LogP contribution in [0.4, 0.5) is 0 Å². The molecule has 39 heavy (non-hydrogen) atoms. The van der Waals surface area contributed by atoms with Gasteiger partial charge in [0.2, 0.25) is 0 Å². The number of nitrogens with zero attached hydrogens (tertiary/aromatic N) is 5. The summed E-state index contributed by atoms with van der Waals surface area (Å²) in [7, 11) is 5.94. The number of nitrogens with two attached hydrogens (primary N) is 1. The Morgan fingerprint density at radius 1 is 1.18 bits per heavy atom. The molecular formula is C29H50N8O2. The minimum Gasteiger partial charge on any atom is -0.381 e. The van der Waals surface area contributed by atoms with Crippen molar-refractivity contribution < 1.29 is 9.53 Å². The summed E-state index contributed by atoms with van der Waals surface area (Å²) in [6.07, 6.45) is 8.55. The number of nitrogens with one attached hydrogen (secondary N) is 2. The van der Waals surface area contributed by atoms with Gasteiger partial charge in [-0.2, -0.15) is 0 Å². The standard InChI is InChI=1S/C29H50N8O2/c1-8-11-24(28(38)31-19-23-12-17-39-20-23)18-26(22(4)9-2)33-27(32-21-35(5)6)25(10-3)34-29(30)37-15-13-36(7)14-16-37/h11,18,21,23,33H,4,8-10,12-17,19-20H2,1-3,5-7H3,(H2,30,34)(H,31,38)/b24-11+,26-18+,27-25-,32-21?. The molecule has 0 bridgehead atoms. The Hall–Kier alpha value is -3.11. The molecule has 4 N–H and O–H groups in total. The van der Waals surface area contributed by atoms with Crippen molar-refractivity contribution in [3.63, 3.8) is 0 Å². The van der Waals surface area contributed by atoms with Gasteiger partial charge in [0, 0.05) is 70.6 Å². The summed E-state index contributed by atoms with van der Waals surface area (Å²) >= 11 is 0. The van der Waals surface area contributed by atoms with Crippen molar-refractivity contribution in [2.45, 2.75) is 46.5 Å². The van der Waals surface area contributed by atoms with Gasteiger partial charge in [0.05, 0.1) is 18.6 Å². The number of allylic oxidation sites excluding steroid dienone is 3. The lowest BCUT2D eigenvalue weighted by molar-refractivity contribution is -0.117. The lowest BCUT2D eigenvalue weighted by atomic mass is 10.1. The SMILES string of the molecule is C=C(CC)/C(=C\C(=C/CC)C(=O)NCC1CCOC1)N/C(N=CN(C)C)=C(/CC)N=C(N)N1CCN(C)CC1. The first-order valence-corrected chi connectivity index (χ1v) is 14.1. The van der Waals surface area contributed by atoms with Gasteiger partial charge in [-0.1, -0.05) is 33.4 Å². The van der Waals surface area contributed by atoms with Gasteiger partial charge in [-0.05, 0) is 44.4 Å². The molecular weight excluding hydrogens is 492 g/mol. The van der Waals surface area contributed by atoms with Crippen molar-refractivity contribution in [2.75, 3.05) is 67.1 Å². The molecule has 0 aromatic rings. The van der Waals surface area contributed by atoms with E-state index in [1.54, 1.807) is 6.34 Å². The van der Waals surface area contributed by atoms with Crippen molar-refractivity contribution >= 4 is 18.2 Å². The van der Waals surface area contributed by atoms with Crippen LogP contribution in [-0.4, -0.2) is 100.0 Å². The molecule has 0 spiro atoms. The van der Waals surface area contributed by atoms with Crippen molar-refractivity contribution in [1.82, 2.24) is 25.3 Å². The zero-order valence-electron chi connectivity index (χ0n) is 24.9. The zero-order chi connectivity index (χ0) is 28.8. The van der Waals surface area contributed by atoms with Crippen LogP contribution in [0.3, 0.4) is 0 Å². The molecule has 2 saturated heterocycles. The number of aliphatic imine (C=N–C) groups is 2. The second kappa shape index (κ2) is 16.8. The third kappa shape index (κ3) is 10.9. The van der Waals surface area contributed by atoms with Crippen LogP contribution < -0.4 is 16.4 Å². The first kappa shape index (κ1) is 32.1. The smallest absolute Gasteiger partial charge is 0.251 e. The van der Waals surface area contributed by atoms with E-state index in [9.17, 15) is 4.79 Å². The number of carbonyl (C=O) groups is 1.